The van der Waals surface area contributed by atoms with E-state index < -0.39 is 0 Å². The van der Waals surface area contributed by atoms with Gasteiger partial charge in [0, 0.05) is 17.0 Å². The van der Waals surface area contributed by atoms with Gasteiger partial charge in [0.05, 0.1) is 18.3 Å². The van der Waals surface area contributed by atoms with Crippen LogP contribution in [-0.2, 0) is 4.79 Å². The predicted molar refractivity (Wildman–Crippen MR) is 113 cm³/mol. The second-order valence-electron chi connectivity index (χ2n) is 8.00. The van der Waals surface area contributed by atoms with Gasteiger partial charge in [0.2, 0.25) is 0 Å². The minimum atomic E-state index is -0.326. The Hall–Kier alpha value is -2.24. The molecule has 0 aliphatic carbocycles. The van der Waals surface area contributed by atoms with Gasteiger partial charge in [-0.25, -0.2) is 9.40 Å². The molecule has 1 fully saturated rings. The zero-order valence-corrected chi connectivity index (χ0v) is 17.3. The van der Waals surface area contributed by atoms with Crippen molar-refractivity contribution < 1.29 is 9.18 Å². The van der Waals surface area contributed by atoms with Gasteiger partial charge in [-0.3, -0.25) is 9.69 Å². The smallest absolute Gasteiger partial charge is 0.257 e. The zero-order valence-electron chi connectivity index (χ0n) is 16.5. The van der Waals surface area contributed by atoms with Gasteiger partial charge in [0.25, 0.3) is 5.91 Å². The average molecular weight is 414 g/mol. The molecule has 1 amide bonds. The van der Waals surface area contributed by atoms with Gasteiger partial charge in [-0.05, 0) is 55.6 Å². The molecule has 4 nitrogen and oxygen atoms in total. The molecule has 6 heteroatoms. The molecule has 1 atom stereocenters. The van der Waals surface area contributed by atoms with Crippen molar-refractivity contribution >= 4 is 23.2 Å². The molecule has 2 aliphatic heterocycles. The highest BCUT2D eigenvalue weighted by Crippen LogP contribution is 2.34. The maximum absolute atomic E-state index is 13.9. The summed E-state index contributed by atoms with van der Waals surface area (Å²) >= 11 is 6.37. The maximum Gasteiger partial charge on any atom is 0.257 e. The van der Waals surface area contributed by atoms with Crippen LogP contribution in [0.3, 0.4) is 0 Å². The number of hydrazone groups is 1. The highest BCUT2D eigenvalue weighted by atomic mass is 35.5. The number of hydrogen-bond acceptors (Lipinski definition) is 3. The molecule has 0 bridgehead atoms. The van der Waals surface area contributed by atoms with Crippen molar-refractivity contribution in [3.63, 3.8) is 0 Å². The highest BCUT2D eigenvalue weighted by molar-refractivity contribution is 6.34. The number of hydrogen-bond donors (Lipinski definition) is 0. The van der Waals surface area contributed by atoms with E-state index in [2.05, 4.69) is 16.9 Å². The number of carbonyl (C=O) groups is 1. The fourth-order valence-electron chi connectivity index (χ4n) is 4.06. The molecular formula is C23H25ClFN3O. The van der Waals surface area contributed by atoms with E-state index in [1.54, 1.807) is 6.07 Å². The number of benzene rings is 2. The minimum Gasteiger partial charge on any atom is -0.294 e. The number of likely N-dealkylation sites (tertiary alicyclic amines) is 1. The summed E-state index contributed by atoms with van der Waals surface area (Å²) in [6.45, 7) is 4.43. The lowest BCUT2D eigenvalue weighted by Gasteiger charge is -2.31. The first-order chi connectivity index (χ1) is 14.0. The van der Waals surface area contributed by atoms with Gasteiger partial charge in [0.15, 0.2) is 0 Å². The van der Waals surface area contributed by atoms with Crippen LogP contribution >= 0.6 is 11.6 Å². The molecule has 2 aromatic carbocycles. The summed E-state index contributed by atoms with van der Waals surface area (Å²) in [6.07, 6.45) is 2.72. The van der Waals surface area contributed by atoms with Crippen LogP contribution < -0.4 is 0 Å². The van der Waals surface area contributed by atoms with E-state index in [0.717, 1.165) is 42.8 Å². The highest BCUT2D eigenvalue weighted by Gasteiger charge is 2.34. The molecule has 1 saturated heterocycles. The standard InChI is InChI=1S/C23H25ClFN3O/c1-16-9-11-27(12-10-16)15-23(29)28-22(17-5-4-6-18(25)13-17)14-21(26-28)19-7-2-3-8-20(19)24/h2-8,13,16,22H,9-12,14-15H2,1H3. The van der Waals surface area contributed by atoms with Crippen molar-refractivity contribution in [1.29, 1.82) is 0 Å². The first kappa shape index (κ1) is 20.0. The van der Waals surface area contributed by atoms with Crippen molar-refractivity contribution in [2.75, 3.05) is 19.6 Å². The predicted octanol–water partition coefficient (Wildman–Crippen LogP) is 4.89. The summed E-state index contributed by atoms with van der Waals surface area (Å²) in [5.41, 5.74) is 2.32. The molecule has 1 unspecified atom stereocenters. The largest absolute Gasteiger partial charge is 0.294 e. The maximum atomic E-state index is 13.9. The third-order valence-corrected chi connectivity index (χ3v) is 6.15. The topological polar surface area (TPSA) is 35.9 Å². The quantitative estimate of drug-likeness (QED) is 0.715. The number of piperidine rings is 1. The monoisotopic (exact) mass is 413 g/mol. The molecule has 2 aliphatic rings. The van der Waals surface area contributed by atoms with E-state index in [4.69, 9.17) is 11.6 Å². The molecule has 0 radical (unpaired) electrons. The first-order valence-electron chi connectivity index (χ1n) is 10.1. The van der Waals surface area contributed by atoms with Crippen LogP contribution in [0.5, 0.6) is 0 Å². The van der Waals surface area contributed by atoms with Gasteiger partial charge in [-0.1, -0.05) is 48.9 Å². The molecule has 0 spiro atoms. The van der Waals surface area contributed by atoms with E-state index in [0.29, 0.717) is 23.9 Å². The van der Waals surface area contributed by atoms with E-state index in [-0.39, 0.29) is 17.8 Å². The molecule has 0 N–H and O–H groups in total. The van der Waals surface area contributed by atoms with Gasteiger partial charge in [0.1, 0.15) is 5.82 Å². The molecule has 0 aromatic heterocycles. The van der Waals surface area contributed by atoms with Crippen LogP contribution in [0.2, 0.25) is 5.02 Å². The number of rotatable bonds is 4. The molecule has 2 aromatic rings. The Labute approximate surface area is 176 Å². The lowest BCUT2D eigenvalue weighted by molar-refractivity contribution is -0.134. The van der Waals surface area contributed by atoms with Crippen LogP contribution in [0, 0.1) is 11.7 Å². The third kappa shape index (κ3) is 4.51. The van der Waals surface area contributed by atoms with E-state index in [1.807, 2.05) is 30.3 Å². The fraction of sp³-hybridized carbons (Fsp3) is 0.391. The summed E-state index contributed by atoms with van der Waals surface area (Å²) in [5, 5.41) is 6.79. The van der Waals surface area contributed by atoms with Gasteiger partial charge < -0.3 is 0 Å². The summed E-state index contributed by atoms with van der Waals surface area (Å²) in [6, 6.07) is 13.6. The van der Waals surface area contributed by atoms with Crippen LogP contribution in [-0.4, -0.2) is 41.2 Å². The zero-order chi connectivity index (χ0) is 20.4. The average Bonchev–Trinajstić information content (AvgIpc) is 3.15. The number of nitrogens with zero attached hydrogens (tertiary/aromatic N) is 3. The number of carbonyl (C=O) groups excluding carboxylic acids is 1. The molecule has 2 heterocycles. The number of halogens is 2. The van der Waals surface area contributed by atoms with Crippen molar-refractivity contribution in [3.8, 4) is 0 Å². The van der Waals surface area contributed by atoms with Crippen LogP contribution in [0.25, 0.3) is 0 Å². The normalized spacial score (nSPS) is 20.7. The van der Waals surface area contributed by atoms with Gasteiger partial charge >= 0.3 is 0 Å². The second-order valence-corrected chi connectivity index (χ2v) is 8.41. The van der Waals surface area contributed by atoms with Crippen molar-refractivity contribution in [3.05, 3.63) is 70.5 Å². The summed E-state index contributed by atoms with van der Waals surface area (Å²) in [7, 11) is 0. The summed E-state index contributed by atoms with van der Waals surface area (Å²) < 4.78 is 13.9. The SMILES string of the molecule is CC1CCN(CC(=O)N2N=C(c3ccccc3Cl)CC2c2cccc(F)c2)CC1. The Morgan fingerprint density at radius 1 is 1.17 bits per heavy atom. The molecule has 0 saturated carbocycles. The van der Waals surface area contributed by atoms with E-state index in [9.17, 15) is 9.18 Å². The Kier molecular flexibility index (Phi) is 5.97. The molecule has 29 heavy (non-hydrogen) atoms. The lowest BCUT2D eigenvalue weighted by atomic mass is 9.98. The van der Waals surface area contributed by atoms with Gasteiger partial charge in [-0.15, -0.1) is 0 Å². The van der Waals surface area contributed by atoms with Crippen molar-refractivity contribution in [2.45, 2.75) is 32.2 Å². The van der Waals surface area contributed by atoms with E-state index >= 15 is 0 Å². The van der Waals surface area contributed by atoms with E-state index in [1.165, 1.54) is 17.1 Å². The van der Waals surface area contributed by atoms with Crippen molar-refractivity contribution in [2.24, 2.45) is 11.0 Å². The van der Waals surface area contributed by atoms with Crippen molar-refractivity contribution in [1.82, 2.24) is 9.91 Å². The molecule has 4 rings (SSSR count). The minimum absolute atomic E-state index is 0.0594. The summed E-state index contributed by atoms with van der Waals surface area (Å²) in [5.74, 6) is 0.333. The molecule has 152 valence electrons. The summed E-state index contributed by atoms with van der Waals surface area (Å²) in [4.78, 5) is 15.4. The van der Waals surface area contributed by atoms with Crippen LogP contribution in [0.4, 0.5) is 4.39 Å². The number of amides is 1. The Balaban J connectivity index is 1.60. The fourth-order valence-corrected chi connectivity index (χ4v) is 4.30. The Morgan fingerprint density at radius 3 is 2.66 bits per heavy atom. The Morgan fingerprint density at radius 2 is 1.93 bits per heavy atom. The molecular weight excluding hydrogens is 389 g/mol. The van der Waals surface area contributed by atoms with Gasteiger partial charge in [-0.2, -0.15) is 5.10 Å². The van der Waals surface area contributed by atoms with Crippen LogP contribution in [0.1, 0.15) is 43.4 Å². The third-order valence-electron chi connectivity index (χ3n) is 5.82. The second kappa shape index (κ2) is 8.64. The van der Waals surface area contributed by atoms with Crippen LogP contribution in [0.15, 0.2) is 53.6 Å². The first-order valence-corrected chi connectivity index (χ1v) is 10.5. The Bertz CT molecular complexity index is 924. The lowest BCUT2D eigenvalue weighted by Crippen LogP contribution is -2.41.